The fraction of sp³-hybridized carbons (Fsp3) is 0.333. The Bertz CT molecular complexity index is 617. The standard InChI is InChI=1S/C12H17ClN4O3S/c1-21(18,19)8-4-7-20-17-12(14)16-15-9-10-5-2-3-6-11(10)13/h2-3,5-6,9H,4,7-8H2,1H3,(H3,14,16,17)/b15-9+. The van der Waals surface area contributed by atoms with E-state index in [1.807, 2.05) is 12.1 Å². The van der Waals surface area contributed by atoms with E-state index >= 15 is 0 Å². The molecule has 21 heavy (non-hydrogen) atoms. The van der Waals surface area contributed by atoms with Crippen molar-refractivity contribution >= 4 is 33.6 Å². The normalized spacial score (nSPS) is 12.8. The molecule has 1 aromatic carbocycles. The maximum absolute atomic E-state index is 10.9. The van der Waals surface area contributed by atoms with E-state index in [1.165, 1.54) is 12.5 Å². The first-order valence-electron chi connectivity index (χ1n) is 6.05. The van der Waals surface area contributed by atoms with Crippen molar-refractivity contribution in [2.24, 2.45) is 15.9 Å². The zero-order valence-electron chi connectivity index (χ0n) is 11.5. The van der Waals surface area contributed by atoms with Gasteiger partial charge in [-0.1, -0.05) is 29.8 Å². The number of halogens is 1. The van der Waals surface area contributed by atoms with E-state index in [0.29, 0.717) is 17.0 Å². The molecule has 0 aliphatic heterocycles. The quantitative estimate of drug-likeness (QED) is 0.334. The highest BCUT2D eigenvalue weighted by atomic mass is 35.5. The average molecular weight is 333 g/mol. The van der Waals surface area contributed by atoms with Crippen molar-refractivity contribution in [2.75, 3.05) is 18.6 Å². The summed E-state index contributed by atoms with van der Waals surface area (Å²) >= 11 is 5.93. The van der Waals surface area contributed by atoms with Crippen LogP contribution in [-0.2, 0) is 14.7 Å². The molecule has 0 amide bonds. The van der Waals surface area contributed by atoms with Crippen LogP contribution in [0.5, 0.6) is 0 Å². The Morgan fingerprint density at radius 2 is 2.19 bits per heavy atom. The topological polar surface area (TPSA) is 106 Å². The molecule has 7 nitrogen and oxygen atoms in total. The lowest BCUT2D eigenvalue weighted by Crippen LogP contribution is -2.31. The number of hydroxylamine groups is 1. The summed E-state index contributed by atoms with van der Waals surface area (Å²) in [5.74, 6) is 0.00814. The maximum atomic E-state index is 10.9. The van der Waals surface area contributed by atoms with Gasteiger partial charge < -0.3 is 5.73 Å². The molecule has 0 aromatic heterocycles. The molecule has 1 aromatic rings. The van der Waals surface area contributed by atoms with Crippen molar-refractivity contribution in [3.63, 3.8) is 0 Å². The van der Waals surface area contributed by atoms with Gasteiger partial charge in [-0.05, 0) is 12.5 Å². The minimum atomic E-state index is -2.98. The zero-order chi connectivity index (χ0) is 15.7. The molecule has 0 radical (unpaired) electrons. The van der Waals surface area contributed by atoms with Crippen molar-refractivity contribution < 1.29 is 13.3 Å². The van der Waals surface area contributed by atoms with Gasteiger partial charge in [-0.3, -0.25) is 4.84 Å². The number of sulfone groups is 1. The van der Waals surface area contributed by atoms with Crippen molar-refractivity contribution in [1.82, 2.24) is 5.48 Å². The van der Waals surface area contributed by atoms with Crippen LogP contribution in [0.2, 0.25) is 5.02 Å². The molecular formula is C12H17ClN4O3S. The van der Waals surface area contributed by atoms with E-state index in [-0.39, 0.29) is 18.3 Å². The molecule has 3 N–H and O–H groups in total. The van der Waals surface area contributed by atoms with E-state index in [0.717, 1.165) is 0 Å². The molecular weight excluding hydrogens is 316 g/mol. The summed E-state index contributed by atoms with van der Waals surface area (Å²) < 4.78 is 21.8. The molecule has 0 atom stereocenters. The summed E-state index contributed by atoms with van der Waals surface area (Å²) in [7, 11) is -2.98. The van der Waals surface area contributed by atoms with Crippen LogP contribution in [0.4, 0.5) is 0 Å². The van der Waals surface area contributed by atoms with Crippen LogP contribution >= 0.6 is 11.6 Å². The second-order valence-corrected chi connectivity index (χ2v) is 6.85. The first-order chi connectivity index (χ1) is 9.88. The molecule has 0 bridgehead atoms. The van der Waals surface area contributed by atoms with E-state index in [9.17, 15) is 8.42 Å². The summed E-state index contributed by atoms with van der Waals surface area (Å²) in [6, 6.07) is 7.15. The van der Waals surface area contributed by atoms with Gasteiger partial charge in [0.2, 0.25) is 5.96 Å². The minimum absolute atomic E-state index is 0.0438. The van der Waals surface area contributed by atoms with Crippen LogP contribution in [0.15, 0.2) is 34.5 Å². The van der Waals surface area contributed by atoms with Crippen LogP contribution in [0.25, 0.3) is 0 Å². The van der Waals surface area contributed by atoms with Crippen LogP contribution in [0.3, 0.4) is 0 Å². The number of hydrogen-bond acceptors (Lipinski definition) is 5. The smallest absolute Gasteiger partial charge is 0.237 e. The average Bonchev–Trinajstić information content (AvgIpc) is 2.39. The number of nitrogens with two attached hydrogens (primary N) is 1. The van der Waals surface area contributed by atoms with Crippen LogP contribution in [0.1, 0.15) is 12.0 Å². The Labute approximate surface area is 128 Å². The Morgan fingerprint density at radius 1 is 1.48 bits per heavy atom. The predicted molar refractivity (Wildman–Crippen MR) is 84.1 cm³/mol. The number of hydrogen-bond donors (Lipinski definition) is 2. The van der Waals surface area contributed by atoms with Crippen molar-refractivity contribution in [3.05, 3.63) is 34.9 Å². The largest absolute Gasteiger partial charge is 0.367 e. The summed E-state index contributed by atoms with van der Waals surface area (Å²) in [5.41, 5.74) is 8.56. The first-order valence-corrected chi connectivity index (χ1v) is 8.49. The van der Waals surface area contributed by atoms with E-state index < -0.39 is 9.84 Å². The maximum Gasteiger partial charge on any atom is 0.237 e. The second-order valence-electron chi connectivity index (χ2n) is 4.19. The SMILES string of the molecule is CS(=O)(=O)CCCONC(N)=N/N=C/c1ccccc1Cl. The molecule has 0 fully saturated rings. The van der Waals surface area contributed by atoms with Gasteiger partial charge in [0.25, 0.3) is 0 Å². The molecule has 0 saturated carbocycles. The van der Waals surface area contributed by atoms with E-state index in [4.69, 9.17) is 22.2 Å². The highest BCUT2D eigenvalue weighted by molar-refractivity contribution is 7.90. The number of guanidine groups is 1. The van der Waals surface area contributed by atoms with Crippen molar-refractivity contribution in [2.45, 2.75) is 6.42 Å². The first kappa shape index (κ1) is 17.4. The van der Waals surface area contributed by atoms with Gasteiger partial charge in [0.05, 0.1) is 18.6 Å². The number of nitrogens with one attached hydrogen (secondary N) is 1. The number of nitrogens with zero attached hydrogens (tertiary/aromatic N) is 2. The van der Waals surface area contributed by atoms with Crippen molar-refractivity contribution in [3.8, 4) is 0 Å². The summed E-state index contributed by atoms with van der Waals surface area (Å²) in [6.07, 6.45) is 2.99. The van der Waals surface area contributed by atoms with Crippen LogP contribution in [0, 0.1) is 0 Å². The molecule has 0 heterocycles. The van der Waals surface area contributed by atoms with Gasteiger partial charge in [-0.25, -0.2) is 13.9 Å². The lowest BCUT2D eigenvalue weighted by Gasteiger charge is -2.04. The monoisotopic (exact) mass is 332 g/mol. The zero-order valence-corrected chi connectivity index (χ0v) is 13.1. The second kappa shape index (κ2) is 8.60. The Kier molecular flexibility index (Phi) is 7.13. The molecule has 0 saturated heterocycles. The lowest BCUT2D eigenvalue weighted by molar-refractivity contribution is 0.0849. The molecule has 0 aliphatic rings. The highest BCUT2D eigenvalue weighted by Crippen LogP contribution is 2.12. The van der Waals surface area contributed by atoms with Crippen molar-refractivity contribution in [1.29, 1.82) is 0 Å². The Hall–Kier alpha value is -1.64. The number of rotatable bonds is 7. The van der Waals surface area contributed by atoms with Crippen LogP contribution < -0.4 is 11.2 Å². The van der Waals surface area contributed by atoms with Gasteiger partial charge in [-0.15, -0.1) is 5.10 Å². The van der Waals surface area contributed by atoms with Gasteiger partial charge in [-0.2, -0.15) is 5.10 Å². The molecule has 1 rings (SSSR count). The summed E-state index contributed by atoms with van der Waals surface area (Å²) in [4.78, 5) is 4.95. The summed E-state index contributed by atoms with van der Waals surface area (Å²) in [6.45, 7) is 0.192. The predicted octanol–water partition coefficient (Wildman–Crippen LogP) is 0.945. The van der Waals surface area contributed by atoms with Gasteiger partial charge in [0.1, 0.15) is 9.84 Å². The van der Waals surface area contributed by atoms with E-state index in [2.05, 4.69) is 15.7 Å². The third kappa shape index (κ3) is 8.28. The fourth-order valence-corrected chi connectivity index (χ4v) is 2.10. The Balaban J connectivity index is 2.32. The Morgan fingerprint density at radius 3 is 2.86 bits per heavy atom. The molecule has 0 aliphatic carbocycles. The molecule has 9 heteroatoms. The van der Waals surface area contributed by atoms with Gasteiger partial charge in [0.15, 0.2) is 0 Å². The van der Waals surface area contributed by atoms with E-state index in [1.54, 1.807) is 12.1 Å². The number of benzene rings is 1. The third-order valence-electron chi connectivity index (χ3n) is 2.21. The lowest BCUT2D eigenvalue weighted by atomic mass is 10.2. The molecule has 0 spiro atoms. The third-order valence-corrected chi connectivity index (χ3v) is 3.58. The van der Waals surface area contributed by atoms with Crippen LogP contribution in [-0.4, -0.2) is 39.2 Å². The fourth-order valence-electron chi connectivity index (χ4n) is 1.27. The molecule has 116 valence electrons. The minimum Gasteiger partial charge on any atom is -0.367 e. The summed E-state index contributed by atoms with van der Waals surface area (Å²) in [5, 5.41) is 7.97. The van der Waals surface area contributed by atoms with Gasteiger partial charge in [0, 0.05) is 16.8 Å². The molecule has 0 unspecified atom stereocenters. The van der Waals surface area contributed by atoms with Gasteiger partial charge >= 0.3 is 0 Å². The highest BCUT2D eigenvalue weighted by Gasteiger charge is 2.01.